The zero-order chi connectivity index (χ0) is 19.6. The molecule has 2 rings (SSSR count). The first-order valence-corrected chi connectivity index (χ1v) is 8.26. The van der Waals surface area contributed by atoms with E-state index in [4.69, 9.17) is 5.11 Å². The summed E-state index contributed by atoms with van der Waals surface area (Å²) in [5.41, 5.74) is 0.401. The zero-order valence-corrected chi connectivity index (χ0v) is 15.5. The Morgan fingerprint density at radius 2 is 1.92 bits per heavy atom. The molecule has 26 heavy (non-hydrogen) atoms. The number of carbonyl (C=O) groups is 2. The van der Waals surface area contributed by atoms with Gasteiger partial charge in [0.1, 0.15) is 11.4 Å². The minimum Gasteiger partial charge on any atom is -0.481 e. The van der Waals surface area contributed by atoms with E-state index in [2.05, 4.69) is 15.3 Å². The number of carboxylic acid groups (broad SMARTS) is 1. The third kappa shape index (κ3) is 4.17. The fraction of sp³-hybridized carbons (Fsp3) is 0.368. The SMILES string of the molecule is Cc1nc(C(C)(C)C)[nH]c(=O)c1C(=O)Nc1cccc(C(C)C(=O)O)c1. The maximum absolute atomic E-state index is 12.5. The molecule has 0 aliphatic carbocycles. The molecule has 7 nitrogen and oxygen atoms in total. The molecule has 0 spiro atoms. The Hall–Kier alpha value is -2.96. The molecule has 0 bridgehead atoms. The highest BCUT2D eigenvalue weighted by Crippen LogP contribution is 2.21. The third-order valence-electron chi connectivity index (χ3n) is 4.05. The number of carboxylic acids is 1. The van der Waals surface area contributed by atoms with Crippen molar-refractivity contribution >= 4 is 17.6 Å². The maximum atomic E-state index is 12.5. The van der Waals surface area contributed by atoms with Gasteiger partial charge in [-0.05, 0) is 31.5 Å². The Kier molecular flexibility index (Phi) is 5.30. The quantitative estimate of drug-likeness (QED) is 0.779. The lowest BCUT2D eigenvalue weighted by molar-refractivity contribution is -0.138. The standard InChI is InChI=1S/C19H23N3O4/c1-10(17(25)26)12-7-6-8-13(9-12)21-15(23)14-11(2)20-18(19(3,4)5)22-16(14)24/h6-10H,1-5H3,(H,21,23)(H,25,26)(H,20,22,24). The highest BCUT2D eigenvalue weighted by atomic mass is 16.4. The second-order valence-electron chi connectivity index (χ2n) is 7.26. The number of benzene rings is 1. The summed E-state index contributed by atoms with van der Waals surface area (Å²) in [6, 6.07) is 6.54. The van der Waals surface area contributed by atoms with Crippen molar-refractivity contribution < 1.29 is 14.7 Å². The summed E-state index contributed by atoms with van der Waals surface area (Å²) in [5.74, 6) is -1.74. The molecule has 0 saturated carbocycles. The zero-order valence-electron chi connectivity index (χ0n) is 15.5. The number of aliphatic carboxylic acids is 1. The summed E-state index contributed by atoms with van der Waals surface area (Å²) in [6.07, 6.45) is 0. The second-order valence-corrected chi connectivity index (χ2v) is 7.26. The van der Waals surface area contributed by atoms with Gasteiger partial charge in [-0.1, -0.05) is 32.9 Å². The summed E-state index contributed by atoms with van der Waals surface area (Å²) in [5, 5.41) is 11.7. The van der Waals surface area contributed by atoms with Gasteiger partial charge in [-0.3, -0.25) is 14.4 Å². The van der Waals surface area contributed by atoms with Crippen LogP contribution < -0.4 is 10.9 Å². The highest BCUT2D eigenvalue weighted by molar-refractivity contribution is 6.04. The first kappa shape index (κ1) is 19.4. The minimum atomic E-state index is -0.956. The van der Waals surface area contributed by atoms with Gasteiger partial charge in [0.25, 0.3) is 11.5 Å². The minimum absolute atomic E-state index is 0.0605. The molecule has 0 radical (unpaired) electrons. The molecular formula is C19H23N3O4. The predicted octanol–water partition coefficient (Wildman–Crippen LogP) is 2.82. The lowest BCUT2D eigenvalue weighted by atomic mass is 9.95. The number of aromatic amines is 1. The van der Waals surface area contributed by atoms with Gasteiger partial charge >= 0.3 is 5.97 Å². The highest BCUT2D eigenvalue weighted by Gasteiger charge is 2.22. The largest absolute Gasteiger partial charge is 0.481 e. The van der Waals surface area contributed by atoms with Crippen molar-refractivity contribution in [3.63, 3.8) is 0 Å². The third-order valence-corrected chi connectivity index (χ3v) is 4.05. The van der Waals surface area contributed by atoms with Crippen molar-refractivity contribution in [3.05, 3.63) is 57.3 Å². The summed E-state index contributed by atoms with van der Waals surface area (Å²) >= 11 is 0. The fourth-order valence-corrected chi connectivity index (χ4v) is 2.43. The Morgan fingerprint density at radius 3 is 2.46 bits per heavy atom. The van der Waals surface area contributed by atoms with Crippen LogP contribution in [0.2, 0.25) is 0 Å². The van der Waals surface area contributed by atoms with E-state index < -0.39 is 23.4 Å². The van der Waals surface area contributed by atoms with Crippen LogP contribution in [0.15, 0.2) is 29.1 Å². The molecule has 3 N–H and O–H groups in total. The van der Waals surface area contributed by atoms with Crippen LogP contribution >= 0.6 is 0 Å². The number of hydrogen-bond donors (Lipinski definition) is 3. The van der Waals surface area contributed by atoms with Gasteiger partial charge in [0.2, 0.25) is 0 Å². The molecule has 1 aromatic heterocycles. The number of hydrogen-bond acceptors (Lipinski definition) is 4. The van der Waals surface area contributed by atoms with Gasteiger partial charge in [-0.15, -0.1) is 0 Å². The van der Waals surface area contributed by atoms with Gasteiger partial charge < -0.3 is 15.4 Å². The number of rotatable bonds is 4. The molecule has 2 aromatic rings. The van der Waals surface area contributed by atoms with Crippen LogP contribution in [-0.4, -0.2) is 27.0 Å². The van der Waals surface area contributed by atoms with E-state index in [1.807, 2.05) is 20.8 Å². The molecule has 0 aliphatic rings. The number of carbonyl (C=O) groups excluding carboxylic acids is 1. The Labute approximate surface area is 151 Å². The Morgan fingerprint density at radius 1 is 1.27 bits per heavy atom. The molecule has 1 unspecified atom stereocenters. The average molecular weight is 357 g/mol. The summed E-state index contributed by atoms with van der Waals surface area (Å²) < 4.78 is 0. The van der Waals surface area contributed by atoms with E-state index in [0.29, 0.717) is 22.8 Å². The van der Waals surface area contributed by atoms with E-state index >= 15 is 0 Å². The molecule has 1 amide bonds. The average Bonchev–Trinajstić information content (AvgIpc) is 2.52. The summed E-state index contributed by atoms with van der Waals surface area (Å²) in [6.45, 7) is 8.92. The van der Waals surface area contributed by atoms with Gasteiger partial charge in [0.05, 0.1) is 11.6 Å². The van der Waals surface area contributed by atoms with Crippen LogP contribution in [0.25, 0.3) is 0 Å². The molecule has 1 atom stereocenters. The number of anilines is 1. The Bertz CT molecular complexity index is 910. The van der Waals surface area contributed by atoms with Crippen LogP contribution in [0.4, 0.5) is 5.69 Å². The Balaban J connectivity index is 2.33. The molecule has 0 saturated heterocycles. The van der Waals surface area contributed by atoms with Gasteiger partial charge in [-0.25, -0.2) is 4.98 Å². The fourth-order valence-electron chi connectivity index (χ4n) is 2.43. The van der Waals surface area contributed by atoms with E-state index in [0.717, 1.165) is 0 Å². The molecule has 1 aromatic carbocycles. The number of amides is 1. The molecule has 7 heteroatoms. The first-order valence-electron chi connectivity index (χ1n) is 8.26. The molecule has 1 heterocycles. The number of aryl methyl sites for hydroxylation is 1. The molecule has 138 valence electrons. The summed E-state index contributed by atoms with van der Waals surface area (Å²) in [4.78, 5) is 43.0. The van der Waals surface area contributed by atoms with Crippen LogP contribution in [0.5, 0.6) is 0 Å². The predicted molar refractivity (Wildman–Crippen MR) is 98.7 cm³/mol. The number of aromatic nitrogens is 2. The van der Waals surface area contributed by atoms with Crippen LogP contribution in [0, 0.1) is 6.92 Å². The molecule has 0 fully saturated rings. The van der Waals surface area contributed by atoms with Gasteiger partial charge in [0, 0.05) is 11.1 Å². The lowest BCUT2D eigenvalue weighted by Crippen LogP contribution is -2.30. The van der Waals surface area contributed by atoms with Crippen molar-refractivity contribution in [2.75, 3.05) is 5.32 Å². The van der Waals surface area contributed by atoms with E-state index in [-0.39, 0.29) is 11.0 Å². The number of H-pyrrole nitrogens is 1. The summed E-state index contributed by atoms with van der Waals surface area (Å²) in [7, 11) is 0. The maximum Gasteiger partial charge on any atom is 0.310 e. The van der Waals surface area contributed by atoms with Crippen LogP contribution in [0.3, 0.4) is 0 Å². The smallest absolute Gasteiger partial charge is 0.310 e. The monoisotopic (exact) mass is 357 g/mol. The molecule has 0 aliphatic heterocycles. The van der Waals surface area contributed by atoms with Gasteiger partial charge in [0.15, 0.2) is 0 Å². The van der Waals surface area contributed by atoms with Gasteiger partial charge in [-0.2, -0.15) is 0 Å². The topological polar surface area (TPSA) is 112 Å². The lowest BCUT2D eigenvalue weighted by Gasteiger charge is -2.18. The van der Waals surface area contributed by atoms with Crippen molar-refractivity contribution in [2.24, 2.45) is 0 Å². The van der Waals surface area contributed by atoms with E-state index in [9.17, 15) is 14.4 Å². The van der Waals surface area contributed by atoms with Crippen molar-refractivity contribution in [2.45, 2.75) is 46.0 Å². The molecular weight excluding hydrogens is 334 g/mol. The number of nitrogens with one attached hydrogen (secondary N) is 2. The van der Waals surface area contributed by atoms with Crippen molar-refractivity contribution in [1.29, 1.82) is 0 Å². The normalized spacial score (nSPS) is 12.5. The van der Waals surface area contributed by atoms with E-state index in [1.54, 1.807) is 38.1 Å². The second kappa shape index (κ2) is 7.11. The van der Waals surface area contributed by atoms with Crippen LogP contribution in [0.1, 0.15) is 61.1 Å². The first-order chi connectivity index (χ1) is 12.0. The van der Waals surface area contributed by atoms with Crippen molar-refractivity contribution in [1.82, 2.24) is 9.97 Å². The van der Waals surface area contributed by atoms with E-state index in [1.165, 1.54) is 0 Å². The van der Waals surface area contributed by atoms with Crippen LogP contribution in [-0.2, 0) is 10.2 Å². The van der Waals surface area contributed by atoms with Crippen molar-refractivity contribution in [3.8, 4) is 0 Å². The number of nitrogens with zero attached hydrogens (tertiary/aromatic N) is 1.